The molecule has 174 valence electrons. The lowest BCUT2D eigenvalue weighted by atomic mass is 10.1. The van der Waals surface area contributed by atoms with Crippen LogP contribution in [0.2, 0.25) is 0 Å². The fourth-order valence-corrected chi connectivity index (χ4v) is 4.35. The summed E-state index contributed by atoms with van der Waals surface area (Å²) in [5, 5.41) is 2.96. The fraction of sp³-hybridized carbons (Fsp3) is 0.400. The van der Waals surface area contributed by atoms with Gasteiger partial charge in [-0.2, -0.15) is 0 Å². The van der Waals surface area contributed by atoms with E-state index in [1.165, 1.54) is 13.0 Å². The van der Waals surface area contributed by atoms with Crippen LogP contribution in [-0.4, -0.2) is 60.2 Å². The first-order valence-corrected chi connectivity index (χ1v) is 11.3. The van der Waals surface area contributed by atoms with Gasteiger partial charge < -0.3 is 20.0 Å². The van der Waals surface area contributed by atoms with Gasteiger partial charge in [-0.25, -0.2) is 9.18 Å². The number of piperazine rings is 1. The molecule has 3 amide bonds. The van der Waals surface area contributed by atoms with Crippen molar-refractivity contribution >= 4 is 23.4 Å². The van der Waals surface area contributed by atoms with Crippen LogP contribution < -0.4 is 10.2 Å². The third-order valence-corrected chi connectivity index (χ3v) is 6.24. The fourth-order valence-electron chi connectivity index (χ4n) is 4.35. The van der Waals surface area contributed by atoms with Gasteiger partial charge >= 0.3 is 6.03 Å². The van der Waals surface area contributed by atoms with Crippen LogP contribution in [0, 0.1) is 5.82 Å². The molecule has 33 heavy (non-hydrogen) atoms. The van der Waals surface area contributed by atoms with Gasteiger partial charge in [-0.1, -0.05) is 24.3 Å². The molecular weight excluding hydrogens is 423 g/mol. The number of anilines is 1. The van der Waals surface area contributed by atoms with Crippen LogP contribution in [0.4, 0.5) is 14.9 Å². The highest BCUT2D eigenvalue weighted by Crippen LogP contribution is 2.22. The van der Waals surface area contributed by atoms with Crippen LogP contribution in [0.1, 0.15) is 41.3 Å². The number of ketones is 1. The maximum absolute atomic E-state index is 14.4. The quantitative estimate of drug-likeness (QED) is 0.684. The maximum atomic E-state index is 14.4. The molecule has 2 fully saturated rings. The Kier molecular flexibility index (Phi) is 6.91. The van der Waals surface area contributed by atoms with E-state index in [4.69, 9.17) is 0 Å². The third kappa shape index (κ3) is 5.50. The topological polar surface area (TPSA) is 73.0 Å². The minimum absolute atomic E-state index is 0.151. The lowest BCUT2D eigenvalue weighted by molar-refractivity contribution is -0.128. The van der Waals surface area contributed by atoms with Crippen molar-refractivity contribution in [2.45, 2.75) is 32.9 Å². The van der Waals surface area contributed by atoms with Crippen LogP contribution in [0.5, 0.6) is 0 Å². The second-order valence-electron chi connectivity index (χ2n) is 8.59. The molecule has 0 aromatic heterocycles. The third-order valence-electron chi connectivity index (χ3n) is 6.24. The van der Waals surface area contributed by atoms with Gasteiger partial charge in [0.2, 0.25) is 5.91 Å². The molecule has 2 aromatic carbocycles. The van der Waals surface area contributed by atoms with Crippen molar-refractivity contribution in [3.63, 3.8) is 0 Å². The highest BCUT2D eigenvalue weighted by atomic mass is 19.1. The Morgan fingerprint density at radius 3 is 2.42 bits per heavy atom. The van der Waals surface area contributed by atoms with Crippen molar-refractivity contribution in [1.29, 1.82) is 0 Å². The number of nitrogens with one attached hydrogen (secondary N) is 1. The molecule has 0 saturated carbocycles. The van der Waals surface area contributed by atoms with Crippen LogP contribution in [-0.2, 0) is 17.9 Å². The summed E-state index contributed by atoms with van der Waals surface area (Å²) in [4.78, 5) is 41.4. The molecule has 0 aliphatic carbocycles. The highest BCUT2D eigenvalue weighted by Gasteiger charge is 2.23. The molecule has 0 unspecified atom stereocenters. The number of hydrogen-bond acceptors (Lipinski definition) is 4. The van der Waals surface area contributed by atoms with Gasteiger partial charge in [0, 0.05) is 57.8 Å². The van der Waals surface area contributed by atoms with Crippen LogP contribution >= 0.6 is 0 Å². The highest BCUT2D eigenvalue weighted by molar-refractivity contribution is 5.94. The molecule has 0 atom stereocenters. The van der Waals surface area contributed by atoms with Crippen LogP contribution in [0.15, 0.2) is 42.5 Å². The first-order valence-electron chi connectivity index (χ1n) is 11.3. The Morgan fingerprint density at radius 2 is 1.76 bits per heavy atom. The zero-order chi connectivity index (χ0) is 23.4. The Hall–Kier alpha value is -3.42. The van der Waals surface area contributed by atoms with Crippen molar-refractivity contribution in [1.82, 2.24) is 15.1 Å². The number of rotatable bonds is 6. The average molecular weight is 453 g/mol. The lowest BCUT2D eigenvalue weighted by Crippen LogP contribution is -2.51. The second kappa shape index (κ2) is 10.0. The van der Waals surface area contributed by atoms with E-state index in [-0.39, 0.29) is 17.7 Å². The van der Waals surface area contributed by atoms with Gasteiger partial charge in [0.25, 0.3) is 0 Å². The van der Waals surface area contributed by atoms with E-state index < -0.39 is 5.82 Å². The largest absolute Gasteiger partial charge is 0.366 e. The maximum Gasteiger partial charge on any atom is 0.317 e. The Morgan fingerprint density at radius 1 is 1.00 bits per heavy atom. The van der Waals surface area contributed by atoms with Crippen LogP contribution in [0.3, 0.4) is 0 Å². The monoisotopic (exact) mass is 452 g/mol. The van der Waals surface area contributed by atoms with E-state index in [1.807, 2.05) is 34.1 Å². The van der Waals surface area contributed by atoms with E-state index in [2.05, 4.69) is 5.32 Å². The molecule has 0 bridgehead atoms. The Labute approximate surface area is 193 Å². The van der Waals surface area contributed by atoms with Gasteiger partial charge in [-0.3, -0.25) is 9.59 Å². The molecule has 0 radical (unpaired) electrons. The minimum Gasteiger partial charge on any atom is -0.366 e. The smallest absolute Gasteiger partial charge is 0.317 e. The van der Waals surface area contributed by atoms with Crippen molar-refractivity contribution in [3.05, 3.63) is 65.0 Å². The van der Waals surface area contributed by atoms with E-state index in [0.717, 1.165) is 24.1 Å². The van der Waals surface area contributed by atoms with Crippen molar-refractivity contribution in [3.8, 4) is 0 Å². The standard InChI is InChI=1S/C25H29FN4O3/c1-18(31)21-7-8-23(22(26)15-21)28-10-12-29(13-11-28)25(33)27-16-19-4-2-5-20(14-19)17-30-9-3-6-24(30)32/h2,4-5,7-8,14-15H,3,6,9-13,16-17H2,1H3,(H,27,33). The summed E-state index contributed by atoms with van der Waals surface area (Å²) >= 11 is 0. The number of nitrogens with zero attached hydrogens (tertiary/aromatic N) is 3. The van der Waals surface area contributed by atoms with Gasteiger partial charge in [0.1, 0.15) is 5.82 Å². The van der Waals surface area contributed by atoms with Gasteiger partial charge in [-0.05, 0) is 42.7 Å². The number of carbonyl (C=O) groups excluding carboxylic acids is 3. The molecule has 0 spiro atoms. The number of Topliss-reactive ketones (excluding diaryl/α,β-unsaturated/α-hetero) is 1. The summed E-state index contributed by atoms with van der Waals surface area (Å²) in [6.45, 7) is 5.22. The number of urea groups is 1. The summed E-state index contributed by atoms with van der Waals surface area (Å²) < 4.78 is 14.4. The summed E-state index contributed by atoms with van der Waals surface area (Å²) in [6.07, 6.45) is 1.54. The van der Waals surface area contributed by atoms with Gasteiger partial charge in [0.05, 0.1) is 5.69 Å². The van der Waals surface area contributed by atoms with E-state index in [1.54, 1.807) is 17.0 Å². The number of benzene rings is 2. The molecule has 7 nitrogen and oxygen atoms in total. The van der Waals surface area contributed by atoms with Crippen molar-refractivity contribution < 1.29 is 18.8 Å². The first-order chi connectivity index (χ1) is 15.9. The molecule has 2 aromatic rings. The Balaban J connectivity index is 1.27. The van der Waals surface area contributed by atoms with E-state index in [9.17, 15) is 18.8 Å². The zero-order valence-corrected chi connectivity index (χ0v) is 18.8. The summed E-state index contributed by atoms with van der Waals surface area (Å²) in [5.74, 6) is -0.393. The predicted octanol–water partition coefficient (Wildman–Crippen LogP) is 3.18. The zero-order valence-electron chi connectivity index (χ0n) is 18.8. The average Bonchev–Trinajstić information content (AvgIpc) is 3.22. The number of carbonyl (C=O) groups is 3. The van der Waals surface area contributed by atoms with Gasteiger partial charge in [0.15, 0.2) is 5.78 Å². The summed E-state index contributed by atoms with van der Waals surface area (Å²) in [6, 6.07) is 12.3. The number of likely N-dealkylation sites (tertiary alicyclic amines) is 1. The molecule has 2 aliphatic rings. The molecule has 8 heteroatoms. The summed E-state index contributed by atoms with van der Waals surface area (Å²) in [5.41, 5.74) is 2.85. The van der Waals surface area contributed by atoms with Gasteiger partial charge in [-0.15, -0.1) is 0 Å². The van der Waals surface area contributed by atoms with Crippen molar-refractivity contribution in [2.24, 2.45) is 0 Å². The molecular formula is C25H29FN4O3. The molecule has 2 aliphatic heterocycles. The lowest BCUT2D eigenvalue weighted by Gasteiger charge is -2.36. The number of amides is 3. The number of hydrogen-bond donors (Lipinski definition) is 1. The minimum atomic E-state index is -0.420. The number of halogens is 1. The SMILES string of the molecule is CC(=O)c1ccc(N2CCN(C(=O)NCc3cccc(CN4CCCC4=O)c3)CC2)c(F)c1. The molecule has 1 N–H and O–H groups in total. The summed E-state index contributed by atoms with van der Waals surface area (Å²) in [7, 11) is 0. The second-order valence-corrected chi connectivity index (χ2v) is 8.59. The normalized spacial score (nSPS) is 16.3. The first kappa shape index (κ1) is 22.8. The molecule has 2 heterocycles. The van der Waals surface area contributed by atoms with E-state index in [0.29, 0.717) is 56.9 Å². The Bertz CT molecular complexity index is 1050. The van der Waals surface area contributed by atoms with Crippen LogP contribution in [0.25, 0.3) is 0 Å². The van der Waals surface area contributed by atoms with E-state index >= 15 is 0 Å². The molecule has 4 rings (SSSR count). The van der Waals surface area contributed by atoms with Crippen molar-refractivity contribution in [2.75, 3.05) is 37.6 Å². The molecule has 2 saturated heterocycles. The predicted molar refractivity (Wildman–Crippen MR) is 124 cm³/mol.